The van der Waals surface area contributed by atoms with E-state index < -0.39 is 10.0 Å². The Balaban J connectivity index is 1.96. The molecule has 0 unspecified atom stereocenters. The van der Waals surface area contributed by atoms with Gasteiger partial charge in [-0.05, 0) is 24.3 Å². The molecule has 0 bridgehead atoms. The number of benzene rings is 2. The molecule has 7 nitrogen and oxygen atoms in total. The molecule has 1 heterocycles. The van der Waals surface area contributed by atoms with Gasteiger partial charge in [-0.3, -0.25) is 0 Å². The van der Waals surface area contributed by atoms with E-state index in [-0.39, 0.29) is 16.8 Å². The highest BCUT2D eigenvalue weighted by Gasteiger charge is 2.22. The Morgan fingerprint density at radius 1 is 0.955 bits per heavy atom. The summed E-state index contributed by atoms with van der Waals surface area (Å²) < 4.78 is 25.7. The van der Waals surface area contributed by atoms with Crippen molar-refractivity contribution in [1.82, 2.24) is 14.2 Å². The maximum Gasteiger partial charge on any atom is 0.286 e. The van der Waals surface area contributed by atoms with Crippen LogP contribution in [0.1, 0.15) is 0 Å². The van der Waals surface area contributed by atoms with Crippen LogP contribution in [0.25, 0.3) is 0 Å². The summed E-state index contributed by atoms with van der Waals surface area (Å²) in [6.07, 6.45) is 0. The molecule has 0 aliphatic rings. The summed E-state index contributed by atoms with van der Waals surface area (Å²) in [5.41, 5.74) is 6.42. The number of nitrogen functional groups attached to an aromatic ring is 1. The topological polar surface area (TPSA) is 103 Å². The second kappa shape index (κ2) is 5.49. The van der Waals surface area contributed by atoms with Crippen molar-refractivity contribution in [2.45, 2.75) is 4.90 Å². The second-order valence-corrected chi connectivity index (χ2v) is 6.21. The quantitative estimate of drug-likeness (QED) is 0.761. The number of hydrogen-bond acceptors (Lipinski definition) is 6. The van der Waals surface area contributed by atoms with Crippen LogP contribution in [0.5, 0.6) is 0 Å². The molecule has 0 aliphatic heterocycles. The molecule has 0 amide bonds. The Morgan fingerprint density at radius 2 is 1.55 bits per heavy atom. The molecule has 0 saturated carbocycles. The van der Waals surface area contributed by atoms with E-state index in [1.165, 1.54) is 12.1 Å². The lowest BCUT2D eigenvalue weighted by atomic mass is 10.3. The highest BCUT2D eigenvalue weighted by Crippen LogP contribution is 2.18. The van der Waals surface area contributed by atoms with E-state index in [1.807, 2.05) is 30.3 Å². The summed E-state index contributed by atoms with van der Waals surface area (Å²) in [5.74, 6) is -0.0921. The minimum Gasteiger partial charge on any atom is -0.367 e. The smallest absolute Gasteiger partial charge is 0.286 e. The van der Waals surface area contributed by atoms with Gasteiger partial charge in [0.05, 0.1) is 4.90 Å². The first-order chi connectivity index (χ1) is 10.6. The van der Waals surface area contributed by atoms with Crippen molar-refractivity contribution >= 4 is 27.6 Å². The van der Waals surface area contributed by atoms with Crippen molar-refractivity contribution in [2.24, 2.45) is 0 Å². The van der Waals surface area contributed by atoms with Crippen LogP contribution < -0.4 is 11.1 Å². The van der Waals surface area contributed by atoms with Crippen molar-refractivity contribution in [3.63, 3.8) is 0 Å². The number of aromatic nitrogens is 3. The lowest BCUT2D eigenvalue weighted by molar-refractivity contribution is 0.581. The van der Waals surface area contributed by atoms with Crippen LogP contribution in [-0.4, -0.2) is 22.6 Å². The normalized spacial score (nSPS) is 11.3. The van der Waals surface area contributed by atoms with Crippen molar-refractivity contribution in [2.75, 3.05) is 11.1 Å². The number of nitrogens with one attached hydrogen (secondary N) is 1. The molecule has 3 aromatic rings. The van der Waals surface area contributed by atoms with Crippen LogP contribution >= 0.6 is 0 Å². The Kier molecular flexibility index (Phi) is 3.51. The average Bonchev–Trinajstić information content (AvgIpc) is 2.90. The minimum atomic E-state index is -3.86. The number of nitrogens with two attached hydrogens (primary N) is 1. The monoisotopic (exact) mass is 315 g/mol. The van der Waals surface area contributed by atoms with Gasteiger partial charge in [0.25, 0.3) is 10.0 Å². The third-order valence-corrected chi connectivity index (χ3v) is 4.49. The Bertz CT molecular complexity index is 876. The molecule has 3 rings (SSSR count). The van der Waals surface area contributed by atoms with Gasteiger partial charge in [0.2, 0.25) is 11.9 Å². The van der Waals surface area contributed by atoms with Gasteiger partial charge in [-0.1, -0.05) is 36.4 Å². The molecule has 1 aromatic heterocycles. The zero-order valence-corrected chi connectivity index (χ0v) is 12.2. The van der Waals surface area contributed by atoms with Crippen molar-refractivity contribution in [3.8, 4) is 0 Å². The van der Waals surface area contributed by atoms with Gasteiger partial charge in [0.15, 0.2) is 0 Å². The minimum absolute atomic E-state index is 0.0952. The van der Waals surface area contributed by atoms with Gasteiger partial charge in [-0.2, -0.15) is 13.4 Å². The standard InChI is InChI=1S/C14H13N5O2S/c15-13-17-14(16-11-7-3-1-4-8-11)18-19(13)22(20,21)12-9-5-2-6-10-12/h1-10H,(H3,15,16,17,18). The van der Waals surface area contributed by atoms with E-state index in [4.69, 9.17) is 5.73 Å². The van der Waals surface area contributed by atoms with E-state index in [0.29, 0.717) is 4.09 Å². The van der Waals surface area contributed by atoms with Crippen LogP contribution in [0.3, 0.4) is 0 Å². The first kappa shape index (κ1) is 14.1. The largest absolute Gasteiger partial charge is 0.367 e. The zero-order valence-electron chi connectivity index (χ0n) is 11.4. The maximum absolute atomic E-state index is 12.5. The molecular weight excluding hydrogens is 302 g/mol. The highest BCUT2D eigenvalue weighted by molar-refractivity contribution is 7.90. The van der Waals surface area contributed by atoms with Crippen LogP contribution in [0, 0.1) is 0 Å². The molecular formula is C14H13N5O2S. The number of hydrogen-bond donors (Lipinski definition) is 2. The zero-order chi connectivity index (χ0) is 15.6. The maximum atomic E-state index is 12.5. The summed E-state index contributed by atoms with van der Waals surface area (Å²) >= 11 is 0. The third kappa shape index (κ3) is 2.63. The summed E-state index contributed by atoms with van der Waals surface area (Å²) in [6.45, 7) is 0. The van der Waals surface area contributed by atoms with E-state index >= 15 is 0 Å². The van der Waals surface area contributed by atoms with Crippen molar-refractivity contribution in [3.05, 3.63) is 60.7 Å². The van der Waals surface area contributed by atoms with Gasteiger partial charge in [0.1, 0.15) is 0 Å². The van der Waals surface area contributed by atoms with Crippen LogP contribution in [0.15, 0.2) is 65.6 Å². The molecule has 8 heteroatoms. The molecule has 0 spiro atoms. The lowest BCUT2D eigenvalue weighted by Crippen LogP contribution is -2.17. The fourth-order valence-electron chi connectivity index (χ4n) is 1.88. The van der Waals surface area contributed by atoms with Gasteiger partial charge >= 0.3 is 0 Å². The first-order valence-corrected chi connectivity index (χ1v) is 7.86. The van der Waals surface area contributed by atoms with E-state index in [2.05, 4.69) is 15.4 Å². The molecule has 2 aromatic carbocycles. The van der Waals surface area contributed by atoms with Gasteiger partial charge in [-0.15, -0.1) is 9.19 Å². The SMILES string of the molecule is Nc1nc(Nc2ccccc2)nn1S(=O)(=O)c1ccccc1. The van der Waals surface area contributed by atoms with Gasteiger partial charge in [-0.25, -0.2) is 0 Å². The van der Waals surface area contributed by atoms with Crippen molar-refractivity contribution in [1.29, 1.82) is 0 Å². The molecule has 3 N–H and O–H groups in total. The number of anilines is 3. The fourth-order valence-corrected chi connectivity index (χ4v) is 3.06. The van der Waals surface area contributed by atoms with Crippen LogP contribution in [0.2, 0.25) is 0 Å². The molecule has 22 heavy (non-hydrogen) atoms. The molecule has 0 fully saturated rings. The lowest BCUT2D eigenvalue weighted by Gasteiger charge is -2.04. The molecule has 0 atom stereocenters. The summed E-state index contributed by atoms with van der Waals surface area (Å²) in [7, 11) is -3.86. The van der Waals surface area contributed by atoms with Crippen molar-refractivity contribution < 1.29 is 8.42 Å². The molecule has 0 radical (unpaired) electrons. The number of rotatable bonds is 4. The summed E-state index contributed by atoms with van der Waals surface area (Å²) in [5, 5.41) is 6.84. The Labute approximate surface area is 127 Å². The molecule has 0 aliphatic carbocycles. The van der Waals surface area contributed by atoms with E-state index in [1.54, 1.807) is 18.2 Å². The highest BCUT2D eigenvalue weighted by atomic mass is 32.2. The number of nitrogens with zero attached hydrogens (tertiary/aromatic N) is 3. The number of para-hydroxylation sites is 1. The van der Waals surface area contributed by atoms with E-state index in [9.17, 15) is 8.42 Å². The van der Waals surface area contributed by atoms with E-state index in [0.717, 1.165) is 5.69 Å². The Morgan fingerprint density at radius 3 is 2.18 bits per heavy atom. The Hall–Kier alpha value is -2.87. The predicted molar refractivity (Wildman–Crippen MR) is 83.2 cm³/mol. The van der Waals surface area contributed by atoms with Crippen LogP contribution in [-0.2, 0) is 10.0 Å². The summed E-state index contributed by atoms with van der Waals surface area (Å²) in [6, 6.07) is 17.1. The van der Waals surface area contributed by atoms with Gasteiger partial charge < -0.3 is 11.1 Å². The second-order valence-electron chi connectivity index (χ2n) is 4.45. The van der Waals surface area contributed by atoms with Crippen LogP contribution in [0.4, 0.5) is 17.6 Å². The molecule has 112 valence electrons. The van der Waals surface area contributed by atoms with Gasteiger partial charge in [0, 0.05) is 5.69 Å². The average molecular weight is 315 g/mol. The fraction of sp³-hybridized carbons (Fsp3) is 0. The third-order valence-electron chi connectivity index (χ3n) is 2.90. The molecule has 0 saturated heterocycles. The first-order valence-electron chi connectivity index (χ1n) is 6.42. The predicted octanol–water partition coefficient (Wildman–Crippen LogP) is 1.84. The summed E-state index contributed by atoms with van der Waals surface area (Å²) in [4.78, 5) is 4.03.